The van der Waals surface area contributed by atoms with Crippen molar-refractivity contribution < 1.29 is 5.21 Å². The van der Waals surface area contributed by atoms with Crippen molar-refractivity contribution in [3.8, 4) is 0 Å². The van der Waals surface area contributed by atoms with Crippen LogP contribution in [0.25, 0.3) is 0 Å². The van der Waals surface area contributed by atoms with Gasteiger partial charge in [-0.15, -0.1) is 0 Å². The first kappa shape index (κ1) is 7.16. The normalized spacial score (nSPS) is 14.7. The summed E-state index contributed by atoms with van der Waals surface area (Å²) in [6.45, 7) is 1.01. The van der Waals surface area contributed by atoms with Crippen LogP contribution in [0.5, 0.6) is 0 Å². The van der Waals surface area contributed by atoms with Crippen LogP contribution >= 0.6 is 0 Å². The molecule has 0 spiro atoms. The topological polar surface area (TPSA) is 44.6 Å². The first-order valence-corrected chi connectivity index (χ1v) is 3.94. The fraction of sp³-hybridized carbons (Fsp3) is 0.222. The van der Waals surface area contributed by atoms with E-state index in [0.717, 1.165) is 18.5 Å². The quantitative estimate of drug-likeness (QED) is 0.373. The Kier molecular flexibility index (Phi) is 1.70. The van der Waals surface area contributed by atoms with Gasteiger partial charge in [-0.3, -0.25) is 0 Å². The second-order valence-electron chi connectivity index (χ2n) is 2.84. The molecular formula is C9H10N2O. The molecule has 1 heterocycles. The Hall–Kier alpha value is -1.51. The van der Waals surface area contributed by atoms with Gasteiger partial charge in [0, 0.05) is 12.2 Å². The van der Waals surface area contributed by atoms with Gasteiger partial charge in [-0.1, -0.05) is 11.2 Å². The Labute approximate surface area is 70.7 Å². The molecule has 1 aliphatic heterocycles. The minimum atomic E-state index is 0.944. The standard InChI is InChI=1S/C9H10N2O/c12-11-6-7-1-2-9-8(5-7)3-4-10-9/h1-2,5-6,10,12H,3-4H2. The van der Waals surface area contributed by atoms with E-state index in [1.807, 2.05) is 18.2 Å². The van der Waals surface area contributed by atoms with Gasteiger partial charge in [0.15, 0.2) is 0 Å². The third-order valence-corrected chi connectivity index (χ3v) is 2.05. The summed E-state index contributed by atoms with van der Waals surface area (Å²) in [7, 11) is 0. The Morgan fingerprint density at radius 2 is 2.42 bits per heavy atom. The summed E-state index contributed by atoms with van der Waals surface area (Å²) in [5.74, 6) is 0. The van der Waals surface area contributed by atoms with Crippen LogP contribution in [0.15, 0.2) is 23.4 Å². The molecule has 1 aromatic rings. The Bertz CT molecular complexity index is 320. The van der Waals surface area contributed by atoms with Crippen molar-refractivity contribution in [2.24, 2.45) is 5.16 Å². The van der Waals surface area contributed by atoms with Crippen LogP contribution < -0.4 is 5.32 Å². The summed E-state index contributed by atoms with van der Waals surface area (Å²) in [6, 6.07) is 5.98. The van der Waals surface area contributed by atoms with Crippen LogP contribution in [0.2, 0.25) is 0 Å². The van der Waals surface area contributed by atoms with Gasteiger partial charge in [-0.25, -0.2) is 0 Å². The Morgan fingerprint density at radius 1 is 1.50 bits per heavy atom. The van der Waals surface area contributed by atoms with Gasteiger partial charge in [0.1, 0.15) is 0 Å². The maximum atomic E-state index is 8.32. The summed E-state index contributed by atoms with van der Waals surface area (Å²) in [5.41, 5.74) is 3.44. The predicted octanol–water partition coefficient (Wildman–Crippen LogP) is 1.46. The molecule has 62 valence electrons. The zero-order chi connectivity index (χ0) is 8.39. The van der Waals surface area contributed by atoms with Gasteiger partial charge >= 0.3 is 0 Å². The molecule has 1 aromatic carbocycles. The molecule has 3 heteroatoms. The van der Waals surface area contributed by atoms with Crippen LogP contribution in [0.1, 0.15) is 11.1 Å². The summed E-state index contributed by atoms with van der Waals surface area (Å²) in [6.07, 6.45) is 2.50. The Balaban J connectivity index is 2.38. The predicted molar refractivity (Wildman–Crippen MR) is 48.0 cm³/mol. The second kappa shape index (κ2) is 2.85. The molecule has 0 unspecified atom stereocenters. The van der Waals surface area contributed by atoms with Crippen LogP contribution in [-0.4, -0.2) is 18.0 Å². The monoisotopic (exact) mass is 162 g/mol. The van der Waals surface area contributed by atoms with Crippen LogP contribution in [0.4, 0.5) is 5.69 Å². The number of oxime groups is 1. The minimum Gasteiger partial charge on any atom is -0.411 e. The number of nitrogens with one attached hydrogen (secondary N) is 1. The van der Waals surface area contributed by atoms with Gasteiger partial charge in [0.05, 0.1) is 6.21 Å². The fourth-order valence-electron chi connectivity index (χ4n) is 1.47. The van der Waals surface area contributed by atoms with Crippen LogP contribution in [0.3, 0.4) is 0 Å². The molecule has 3 nitrogen and oxygen atoms in total. The average molecular weight is 162 g/mol. The minimum absolute atomic E-state index is 0.944. The third-order valence-electron chi connectivity index (χ3n) is 2.05. The highest BCUT2D eigenvalue weighted by atomic mass is 16.4. The summed E-state index contributed by atoms with van der Waals surface area (Å²) < 4.78 is 0. The van der Waals surface area contributed by atoms with Crippen molar-refractivity contribution in [3.05, 3.63) is 29.3 Å². The van der Waals surface area contributed by atoms with Crippen LogP contribution in [-0.2, 0) is 6.42 Å². The van der Waals surface area contributed by atoms with Crippen LogP contribution in [0, 0.1) is 0 Å². The largest absolute Gasteiger partial charge is 0.411 e. The van der Waals surface area contributed by atoms with Crippen molar-refractivity contribution in [2.45, 2.75) is 6.42 Å². The molecule has 0 saturated heterocycles. The second-order valence-corrected chi connectivity index (χ2v) is 2.84. The van der Waals surface area contributed by atoms with Gasteiger partial charge in [0.2, 0.25) is 0 Å². The van der Waals surface area contributed by atoms with Crippen molar-refractivity contribution in [1.82, 2.24) is 0 Å². The van der Waals surface area contributed by atoms with E-state index in [1.165, 1.54) is 17.5 Å². The molecule has 2 rings (SSSR count). The van der Waals surface area contributed by atoms with E-state index in [0.29, 0.717) is 0 Å². The lowest BCUT2D eigenvalue weighted by atomic mass is 10.1. The smallest absolute Gasteiger partial charge is 0.0733 e. The number of fused-ring (bicyclic) bond motifs is 1. The molecule has 0 radical (unpaired) electrons. The number of hydrogen-bond acceptors (Lipinski definition) is 3. The highest BCUT2D eigenvalue weighted by Crippen LogP contribution is 2.22. The number of anilines is 1. The van der Waals surface area contributed by atoms with Crippen molar-refractivity contribution in [3.63, 3.8) is 0 Å². The zero-order valence-electron chi connectivity index (χ0n) is 6.62. The van der Waals surface area contributed by atoms with E-state index in [2.05, 4.69) is 10.5 Å². The van der Waals surface area contributed by atoms with E-state index >= 15 is 0 Å². The van der Waals surface area contributed by atoms with E-state index in [4.69, 9.17) is 5.21 Å². The van der Waals surface area contributed by atoms with E-state index in [-0.39, 0.29) is 0 Å². The van der Waals surface area contributed by atoms with E-state index < -0.39 is 0 Å². The lowest BCUT2D eigenvalue weighted by molar-refractivity contribution is 0.322. The molecule has 1 aliphatic rings. The average Bonchev–Trinajstić information content (AvgIpc) is 2.51. The third kappa shape index (κ3) is 1.13. The first-order chi connectivity index (χ1) is 5.90. The fourth-order valence-corrected chi connectivity index (χ4v) is 1.47. The molecule has 0 aliphatic carbocycles. The maximum Gasteiger partial charge on any atom is 0.0733 e. The van der Waals surface area contributed by atoms with Gasteiger partial charge < -0.3 is 10.5 Å². The lowest BCUT2D eigenvalue weighted by Crippen LogP contribution is -1.90. The number of rotatable bonds is 1. The molecule has 12 heavy (non-hydrogen) atoms. The van der Waals surface area contributed by atoms with E-state index in [1.54, 1.807) is 0 Å². The molecule has 0 amide bonds. The van der Waals surface area contributed by atoms with Crippen molar-refractivity contribution in [1.29, 1.82) is 0 Å². The Morgan fingerprint density at radius 3 is 3.25 bits per heavy atom. The lowest BCUT2D eigenvalue weighted by Gasteiger charge is -1.98. The van der Waals surface area contributed by atoms with Crippen molar-refractivity contribution >= 4 is 11.9 Å². The molecular weight excluding hydrogens is 152 g/mol. The molecule has 2 N–H and O–H groups in total. The highest BCUT2D eigenvalue weighted by Gasteiger charge is 2.08. The van der Waals surface area contributed by atoms with Gasteiger partial charge in [-0.05, 0) is 29.7 Å². The molecule has 0 fully saturated rings. The number of benzene rings is 1. The van der Waals surface area contributed by atoms with Gasteiger partial charge in [0.25, 0.3) is 0 Å². The molecule has 0 bridgehead atoms. The number of nitrogens with zero attached hydrogens (tertiary/aromatic N) is 1. The van der Waals surface area contributed by atoms with Crippen molar-refractivity contribution in [2.75, 3.05) is 11.9 Å². The summed E-state index contributed by atoms with van der Waals surface area (Å²) in [5, 5.41) is 14.6. The molecule has 0 aromatic heterocycles. The molecule has 0 atom stereocenters. The summed E-state index contributed by atoms with van der Waals surface area (Å²) >= 11 is 0. The highest BCUT2D eigenvalue weighted by molar-refractivity contribution is 5.81. The maximum absolute atomic E-state index is 8.32. The number of hydrogen-bond donors (Lipinski definition) is 2. The van der Waals surface area contributed by atoms with Gasteiger partial charge in [-0.2, -0.15) is 0 Å². The SMILES string of the molecule is ON=Cc1ccc2c(c1)CCN2. The first-order valence-electron chi connectivity index (χ1n) is 3.94. The molecule has 0 saturated carbocycles. The zero-order valence-corrected chi connectivity index (χ0v) is 6.62. The van der Waals surface area contributed by atoms with E-state index in [9.17, 15) is 0 Å². The summed E-state index contributed by atoms with van der Waals surface area (Å²) in [4.78, 5) is 0.